The van der Waals surface area contributed by atoms with Gasteiger partial charge in [-0.05, 0) is 41.2 Å². The summed E-state index contributed by atoms with van der Waals surface area (Å²) in [6, 6.07) is 1.88. The van der Waals surface area contributed by atoms with Crippen molar-refractivity contribution in [1.82, 2.24) is 37.2 Å². The van der Waals surface area contributed by atoms with Crippen LogP contribution in [-0.4, -0.2) is 95.1 Å². The molecule has 1 heterocycles. The van der Waals surface area contributed by atoms with Crippen molar-refractivity contribution in [1.29, 1.82) is 0 Å². The lowest BCUT2D eigenvalue weighted by molar-refractivity contribution is -0.137. The molecule has 0 aliphatic carbocycles. The first kappa shape index (κ1) is 52.0. The van der Waals surface area contributed by atoms with Gasteiger partial charge in [-0.3, -0.25) is 33.6 Å². The fraction of sp³-hybridized carbons (Fsp3) is 0.651. The topological polar surface area (TPSA) is 230 Å². The molecule has 1 aromatic rings. The van der Waals surface area contributed by atoms with Gasteiger partial charge in [-0.15, -0.1) is 0 Å². The Labute approximate surface area is 364 Å². The largest absolute Gasteiger partial charge is 0.342 e. The van der Waals surface area contributed by atoms with Gasteiger partial charge in [-0.1, -0.05) is 147 Å². The average Bonchev–Trinajstić information content (AvgIpc) is 3.24. The Balaban J connectivity index is 2.68. The van der Waals surface area contributed by atoms with Gasteiger partial charge in [0.15, 0.2) is 0 Å². The van der Waals surface area contributed by atoms with E-state index in [4.69, 9.17) is 5.73 Å². The van der Waals surface area contributed by atoms with E-state index in [0.717, 1.165) is 5.56 Å². The minimum Gasteiger partial charge on any atom is -0.342 e. The van der Waals surface area contributed by atoms with Crippen molar-refractivity contribution >= 4 is 69.0 Å². The summed E-state index contributed by atoms with van der Waals surface area (Å²) in [4.78, 5) is 97.6. The van der Waals surface area contributed by atoms with Crippen molar-refractivity contribution in [2.45, 2.75) is 137 Å². The molecule has 0 aromatic heterocycles. The second-order valence-corrected chi connectivity index (χ2v) is 18.8. The van der Waals surface area contributed by atoms with Crippen LogP contribution in [0.2, 0.25) is 0 Å². The fourth-order valence-electron chi connectivity index (χ4n) is 6.11. The smallest absolute Gasteiger partial charge is 0.247 e. The zero-order chi connectivity index (χ0) is 45.1. The molecule has 0 bridgehead atoms. The normalized spacial score (nSPS) is 25.6. The molecule has 15 nitrogen and oxygen atoms in total. The van der Waals surface area contributed by atoms with Crippen LogP contribution >= 0.6 is 21.6 Å². The van der Waals surface area contributed by atoms with E-state index in [9.17, 15) is 33.6 Å². The van der Waals surface area contributed by atoms with E-state index in [0.29, 0.717) is 25.7 Å². The molecule has 336 valence electrons. The summed E-state index contributed by atoms with van der Waals surface area (Å²) in [5.74, 6) is -5.71. The Morgan fingerprint density at radius 3 is 1.47 bits per heavy atom. The van der Waals surface area contributed by atoms with Crippen LogP contribution in [0.5, 0.6) is 0 Å². The van der Waals surface area contributed by atoms with Crippen molar-refractivity contribution < 1.29 is 33.6 Å². The summed E-state index contributed by atoms with van der Waals surface area (Å²) < 4.78 is 0. The molecular weight excluding hydrogens is 805 g/mol. The molecule has 7 amide bonds. The van der Waals surface area contributed by atoms with Crippen LogP contribution in [0.1, 0.15) is 100 Å². The van der Waals surface area contributed by atoms with Gasteiger partial charge in [0, 0.05) is 17.7 Å². The highest BCUT2D eigenvalue weighted by Crippen LogP contribution is 2.24. The second-order valence-electron chi connectivity index (χ2n) is 16.2. The quantitative estimate of drug-likeness (QED) is 0.127. The zero-order valence-electron chi connectivity index (χ0n) is 37.0. The Morgan fingerprint density at radius 1 is 0.650 bits per heavy atom. The molecule has 60 heavy (non-hydrogen) atoms. The SMILES string of the molecule is CCC(C)[C@@H]1NC(=O)C(NC(=O)[C@@H](N)C(C)C)CSSCC(C(=O)N/C=C/c2ccccc2)NC(=O)[C@H](C(C)CC)NC(=O)[C@H](C(C)CC)NC(=O)[C@H](C(C)CC)NC1=O. The summed E-state index contributed by atoms with van der Waals surface area (Å²) in [6.45, 7) is 18.3. The highest BCUT2D eigenvalue weighted by Gasteiger charge is 2.38. The van der Waals surface area contributed by atoms with Crippen molar-refractivity contribution in [3.8, 4) is 0 Å². The summed E-state index contributed by atoms with van der Waals surface area (Å²) in [6.07, 6.45) is 5.22. The Morgan fingerprint density at radius 2 is 1.05 bits per heavy atom. The molecule has 11 atom stereocenters. The number of hydrogen-bond donors (Lipinski definition) is 8. The molecule has 17 heteroatoms. The Bertz CT molecular complexity index is 1620. The molecule has 1 fully saturated rings. The van der Waals surface area contributed by atoms with Gasteiger partial charge < -0.3 is 43.0 Å². The molecule has 2 rings (SSSR count). The molecule has 1 saturated heterocycles. The Kier molecular flexibility index (Phi) is 22.8. The lowest BCUT2D eigenvalue weighted by atomic mass is 9.92. The minimum atomic E-state index is -1.14. The van der Waals surface area contributed by atoms with Gasteiger partial charge in [0.1, 0.15) is 36.3 Å². The van der Waals surface area contributed by atoms with Gasteiger partial charge in [0.2, 0.25) is 41.4 Å². The standard InChI is InChI=1S/C43H70N8O7S2/c1-11-25(7)33-40(55)47-30(37(52)45-21-20-29-18-16-15-17-19-29)22-59-60-23-31(46-39(54)32(44)24(5)6)38(53)48-34(26(8)12-2)41(56)50-36(28(10)14-4)43(58)51-35(27(9)13-3)42(57)49-33/h15-21,24-28,30-36H,11-14,22-23,44H2,1-10H3,(H,45,52)(H,46,54)(H,47,55)(H,48,53)(H,49,57)(H,50,56)(H,51,58)/b21-20+/t25?,26?,27?,28?,30?,31?,32-,33-,34-,35-,36-/m0/s1. The average molecular weight is 875 g/mol. The number of benzene rings is 1. The fourth-order valence-corrected chi connectivity index (χ4v) is 8.43. The van der Waals surface area contributed by atoms with Gasteiger partial charge in [-0.25, -0.2) is 0 Å². The molecule has 0 saturated carbocycles. The van der Waals surface area contributed by atoms with Crippen LogP contribution in [0, 0.1) is 29.6 Å². The molecular formula is C43H70N8O7S2. The van der Waals surface area contributed by atoms with E-state index in [-0.39, 0.29) is 41.1 Å². The molecule has 1 aromatic carbocycles. The molecule has 6 unspecified atom stereocenters. The van der Waals surface area contributed by atoms with Crippen LogP contribution < -0.4 is 43.0 Å². The van der Waals surface area contributed by atoms with Crippen molar-refractivity contribution in [3.63, 3.8) is 0 Å². The maximum absolute atomic E-state index is 14.2. The minimum absolute atomic E-state index is 0.0124. The third-order valence-corrected chi connectivity index (χ3v) is 13.7. The monoisotopic (exact) mass is 874 g/mol. The highest BCUT2D eigenvalue weighted by molar-refractivity contribution is 8.76. The molecule has 0 radical (unpaired) electrons. The lowest BCUT2D eigenvalue weighted by Gasteiger charge is -2.33. The summed E-state index contributed by atoms with van der Waals surface area (Å²) in [5, 5.41) is 19.8. The number of nitrogens with one attached hydrogen (secondary N) is 7. The van der Waals surface area contributed by atoms with E-state index < -0.39 is 83.6 Å². The molecule has 0 spiro atoms. The first-order chi connectivity index (χ1) is 28.4. The second kappa shape index (κ2) is 26.3. The van der Waals surface area contributed by atoms with Crippen molar-refractivity contribution in [2.24, 2.45) is 35.3 Å². The summed E-state index contributed by atoms with van der Waals surface area (Å²) in [7, 11) is 2.39. The van der Waals surface area contributed by atoms with E-state index in [1.54, 1.807) is 26.8 Å². The van der Waals surface area contributed by atoms with E-state index >= 15 is 0 Å². The number of hydrogen-bond acceptors (Lipinski definition) is 10. The lowest BCUT2D eigenvalue weighted by Crippen LogP contribution is -2.63. The van der Waals surface area contributed by atoms with Gasteiger partial charge >= 0.3 is 0 Å². The van der Waals surface area contributed by atoms with Crippen LogP contribution in [0.4, 0.5) is 0 Å². The summed E-state index contributed by atoms with van der Waals surface area (Å²) >= 11 is 0. The van der Waals surface area contributed by atoms with Crippen LogP contribution in [0.3, 0.4) is 0 Å². The first-order valence-electron chi connectivity index (χ1n) is 21.2. The van der Waals surface area contributed by atoms with Gasteiger partial charge in [0.25, 0.3) is 0 Å². The number of carbonyl (C=O) groups excluding carboxylic acids is 7. The van der Waals surface area contributed by atoms with Crippen molar-refractivity contribution in [3.05, 3.63) is 42.1 Å². The number of nitrogens with two attached hydrogens (primary N) is 1. The van der Waals surface area contributed by atoms with Gasteiger partial charge in [0.05, 0.1) is 6.04 Å². The maximum Gasteiger partial charge on any atom is 0.247 e. The number of rotatable bonds is 14. The third kappa shape index (κ3) is 16.1. The van der Waals surface area contributed by atoms with E-state index in [1.807, 2.05) is 78.8 Å². The van der Waals surface area contributed by atoms with E-state index in [2.05, 4.69) is 37.2 Å². The number of carbonyl (C=O) groups is 7. The zero-order valence-corrected chi connectivity index (χ0v) is 38.6. The molecule has 1 aliphatic heterocycles. The predicted octanol–water partition coefficient (Wildman–Crippen LogP) is 3.25. The Hall–Kier alpha value is -4.09. The first-order valence-corrected chi connectivity index (χ1v) is 23.7. The van der Waals surface area contributed by atoms with E-state index in [1.165, 1.54) is 27.8 Å². The molecule has 1 aliphatic rings. The van der Waals surface area contributed by atoms with Gasteiger partial charge in [-0.2, -0.15) is 0 Å². The predicted molar refractivity (Wildman–Crippen MR) is 241 cm³/mol. The van der Waals surface area contributed by atoms with Crippen LogP contribution in [0.25, 0.3) is 6.08 Å². The third-order valence-electron chi connectivity index (χ3n) is 11.3. The molecule has 9 N–H and O–H groups in total. The van der Waals surface area contributed by atoms with Crippen molar-refractivity contribution in [2.75, 3.05) is 11.5 Å². The summed E-state index contributed by atoms with van der Waals surface area (Å²) in [5.41, 5.74) is 7.01. The van der Waals surface area contributed by atoms with Crippen LogP contribution in [-0.2, 0) is 33.6 Å². The number of amides is 7. The van der Waals surface area contributed by atoms with Crippen LogP contribution in [0.15, 0.2) is 36.5 Å². The highest BCUT2D eigenvalue weighted by atomic mass is 33.1. The maximum atomic E-state index is 14.2.